The Morgan fingerprint density at radius 1 is 1.41 bits per heavy atom. The molecule has 0 spiro atoms. The summed E-state index contributed by atoms with van der Waals surface area (Å²) in [7, 11) is 1.66. The zero-order valence-electron chi connectivity index (χ0n) is 9.69. The van der Waals surface area contributed by atoms with Gasteiger partial charge in [-0.15, -0.1) is 0 Å². The van der Waals surface area contributed by atoms with Crippen molar-refractivity contribution < 1.29 is 9.26 Å². The topological polar surface area (TPSA) is 61.3 Å². The van der Waals surface area contributed by atoms with Crippen LogP contribution in [0.4, 0.5) is 0 Å². The fourth-order valence-electron chi connectivity index (χ4n) is 2.34. The molecule has 4 nitrogen and oxygen atoms in total. The SMILES string of the molecule is COc1ccc2c(c1)-c1onc(CN)c1CC2. The number of fused-ring (bicyclic) bond motifs is 3. The van der Waals surface area contributed by atoms with Crippen LogP contribution in [-0.4, -0.2) is 12.3 Å². The molecule has 2 aromatic rings. The Kier molecular flexibility index (Phi) is 2.37. The number of hydrogen-bond donors (Lipinski definition) is 1. The Bertz CT molecular complexity index is 561. The molecular weight excluding hydrogens is 216 g/mol. The van der Waals surface area contributed by atoms with Crippen molar-refractivity contribution in [1.82, 2.24) is 5.16 Å². The van der Waals surface area contributed by atoms with E-state index in [-0.39, 0.29) is 0 Å². The quantitative estimate of drug-likeness (QED) is 0.856. The van der Waals surface area contributed by atoms with Crippen LogP contribution in [0.2, 0.25) is 0 Å². The molecule has 0 amide bonds. The van der Waals surface area contributed by atoms with Crippen molar-refractivity contribution in [3.63, 3.8) is 0 Å². The van der Waals surface area contributed by atoms with Crippen LogP contribution in [0.3, 0.4) is 0 Å². The lowest BCUT2D eigenvalue weighted by Gasteiger charge is -2.15. The molecule has 1 heterocycles. The van der Waals surface area contributed by atoms with Crippen molar-refractivity contribution in [2.24, 2.45) is 5.73 Å². The van der Waals surface area contributed by atoms with Crippen LogP contribution in [0.15, 0.2) is 22.7 Å². The molecule has 0 atom stereocenters. The molecule has 0 unspecified atom stereocenters. The first-order valence-corrected chi connectivity index (χ1v) is 5.68. The van der Waals surface area contributed by atoms with E-state index in [9.17, 15) is 0 Å². The largest absolute Gasteiger partial charge is 0.497 e. The number of hydrogen-bond acceptors (Lipinski definition) is 4. The van der Waals surface area contributed by atoms with Crippen LogP contribution in [0.25, 0.3) is 11.3 Å². The fourth-order valence-corrected chi connectivity index (χ4v) is 2.34. The lowest BCUT2D eigenvalue weighted by Crippen LogP contribution is -2.06. The van der Waals surface area contributed by atoms with Crippen molar-refractivity contribution in [3.8, 4) is 17.1 Å². The van der Waals surface area contributed by atoms with E-state index in [1.807, 2.05) is 12.1 Å². The maximum atomic E-state index is 5.65. The summed E-state index contributed by atoms with van der Waals surface area (Å²) in [6, 6.07) is 6.06. The Balaban J connectivity index is 2.17. The number of aromatic nitrogens is 1. The second kappa shape index (κ2) is 3.89. The van der Waals surface area contributed by atoms with Crippen molar-refractivity contribution in [2.45, 2.75) is 19.4 Å². The van der Waals surface area contributed by atoms with Crippen molar-refractivity contribution in [3.05, 3.63) is 35.0 Å². The maximum Gasteiger partial charge on any atom is 0.170 e. The third-order valence-electron chi connectivity index (χ3n) is 3.27. The minimum Gasteiger partial charge on any atom is -0.497 e. The van der Waals surface area contributed by atoms with Crippen LogP contribution >= 0.6 is 0 Å². The summed E-state index contributed by atoms with van der Waals surface area (Å²) < 4.78 is 10.7. The molecule has 1 aliphatic rings. The van der Waals surface area contributed by atoms with E-state index < -0.39 is 0 Å². The predicted octanol–water partition coefficient (Wildman–Crippen LogP) is 1.91. The van der Waals surface area contributed by atoms with Crippen LogP contribution < -0.4 is 10.5 Å². The van der Waals surface area contributed by atoms with Gasteiger partial charge in [-0.25, -0.2) is 0 Å². The summed E-state index contributed by atoms with van der Waals surface area (Å²) in [6.45, 7) is 0.429. The van der Waals surface area contributed by atoms with Gasteiger partial charge in [0.1, 0.15) is 11.4 Å². The second-order valence-corrected chi connectivity index (χ2v) is 4.16. The van der Waals surface area contributed by atoms with Crippen molar-refractivity contribution in [2.75, 3.05) is 7.11 Å². The molecule has 0 aliphatic heterocycles. The molecule has 1 aromatic heterocycles. The van der Waals surface area contributed by atoms with Gasteiger partial charge in [-0.3, -0.25) is 0 Å². The van der Waals surface area contributed by atoms with Gasteiger partial charge >= 0.3 is 0 Å². The summed E-state index contributed by atoms with van der Waals surface area (Å²) in [5.41, 5.74) is 10.0. The summed E-state index contributed by atoms with van der Waals surface area (Å²) in [5, 5.41) is 4.03. The molecule has 17 heavy (non-hydrogen) atoms. The molecule has 3 rings (SSSR count). The zero-order valence-corrected chi connectivity index (χ0v) is 9.69. The minimum absolute atomic E-state index is 0.429. The lowest BCUT2D eigenvalue weighted by molar-refractivity contribution is 0.411. The number of rotatable bonds is 2. The van der Waals surface area contributed by atoms with Crippen molar-refractivity contribution in [1.29, 1.82) is 0 Å². The smallest absolute Gasteiger partial charge is 0.170 e. The van der Waals surface area contributed by atoms with Gasteiger partial charge in [0, 0.05) is 17.7 Å². The van der Waals surface area contributed by atoms with Gasteiger partial charge < -0.3 is 15.0 Å². The van der Waals surface area contributed by atoms with E-state index in [1.165, 1.54) is 5.56 Å². The highest BCUT2D eigenvalue weighted by Gasteiger charge is 2.23. The molecular formula is C13H14N2O2. The van der Waals surface area contributed by atoms with Crippen LogP contribution in [-0.2, 0) is 19.4 Å². The second-order valence-electron chi connectivity index (χ2n) is 4.16. The Hall–Kier alpha value is -1.81. The van der Waals surface area contributed by atoms with Gasteiger partial charge in [-0.2, -0.15) is 0 Å². The molecule has 0 fully saturated rings. The number of methoxy groups -OCH3 is 1. The molecule has 88 valence electrons. The highest BCUT2D eigenvalue weighted by atomic mass is 16.5. The summed E-state index contributed by atoms with van der Waals surface area (Å²) in [6.07, 6.45) is 1.95. The first-order valence-electron chi connectivity index (χ1n) is 5.68. The predicted molar refractivity (Wildman–Crippen MR) is 63.8 cm³/mol. The Morgan fingerprint density at radius 2 is 2.29 bits per heavy atom. The molecule has 0 radical (unpaired) electrons. The van der Waals surface area contributed by atoms with E-state index in [0.29, 0.717) is 6.54 Å². The zero-order chi connectivity index (χ0) is 11.8. The maximum absolute atomic E-state index is 5.65. The van der Waals surface area contributed by atoms with E-state index in [4.69, 9.17) is 15.0 Å². The molecule has 0 saturated carbocycles. The molecule has 4 heteroatoms. The monoisotopic (exact) mass is 230 g/mol. The molecule has 2 N–H and O–H groups in total. The van der Waals surface area contributed by atoms with Gasteiger partial charge in [0.15, 0.2) is 5.76 Å². The standard InChI is InChI=1S/C13H14N2O2/c1-16-9-4-2-8-3-5-10-12(7-14)15-17-13(10)11(8)6-9/h2,4,6H,3,5,7,14H2,1H3. The first-order chi connectivity index (χ1) is 8.33. The average Bonchev–Trinajstić information content (AvgIpc) is 2.81. The van der Waals surface area contributed by atoms with Gasteiger partial charge in [0.05, 0.1) is 7.11 Å². The summed E-state index contributed by atoms with van der Waals surface area (Å²) in [4.78, 5) is 0. The van der Waals surface area contributed by atoms with E-state index in [2.05, 4.69) is 11.2 Å². The number of ether oxygens (including phenoxy) is 1. The highest BCUT2D eigenvalue weighted by Crippen LogP contribution is 2.37. The van der Waals surface area contributed by atoms with E-state index >= 15 is 0 Å². The highest BCUT2D eigenvalue weighted by molar-refractivity contribution is 5.70. The Morgan fingerprint density at radius 3 is 3.06 bits per heavy atom. The molecule has 0 bridgehead atoms. The lowest BCUT2D eigenvalue weighted by atomic mass is 9.89. The van der Waals surface area contributed by atoms with Gasteiger partial charge in [0.25, 0.3) is 0 Å². The van der Waals surface area contributed by atoms with E-state index in [1.54, 1.807) is 7.11 Å². The third kappa shape index (κ3) is 1.52. The van der Waals surface area contributed by atoms with Crippen LogP contribution in [0.5, 0.6) is 5.75 Å². The van der Waals surface area contributed by atoms with Crippen LogP contribution in [0, 0.1) is 0 Å². The number of aryl methyl sites for hydroxylation is 1. The first kappa shape index (κ1) is 10.4. The van der Waals surface area contributed by atoms with Gasteiger partial charge in [-0.05, 0) is 30.5 Å². The molecule has 1 aromatic carbocycles. The fraction of sp³-hybridized carbons (Fsp3) is 0.308. The summed E-state index contributed by atoms with van der Waals surface area (Å²) in [5.74, 6) is 1.69. The van der Waals surface area contributed by atoms with Gasteiger partial charge in [0.2, 0.25) is 0 Å². The number of nitrogens with two attached hydrogens (primary N) is 1. The summed E-state index contributed by atoms with van der Waals surface area (Å²) >= 11 is 0. The number of nitrogens with zero attached hydrogens (tertiary/aromatic N) is 1. The minimum atomic E-state index is 0.429. The van der Waals surface area contributed by atoms with Crippen molar-refractivity contribution >= 4 is 0 Å². The Labute approximate surface area is 99.4 Å². The molecule has 0 saturated heterocycles. The average molecular weight is 230 g/mol. The van der Waals surface area contributed by atoms with E-state index in [0.717, 1.165) is 41.2 Å². The normalized spacial score (nSPS) is 13.1. The van der Waals surface area contributed by atoms with Gasteiger partial charge in [-0.1, -0.05) is 11.2 Å². The molecule has 1 aliphatic carbocycles. The third-order valence-corrected chi connectivity index (χ3v) is 3.27. The van der Waals surface area contributed by atoms with Crippen LogP contribution in [0.1, 0.15) is 16.8 Å². The number of benzene rings is 1.